The van der Waals surface area contributed by atoms with Crippen molar-refractivity contribution in [1.29, 1.82) is 0 Å². The van der Waals surface area contributed by atoms with Crippen molar-refractivity contribution in [2.45, 2.75) is 13.3 Å². The maximum atomic E-state index is 12.2. The Hall–Kier alpha value is -0.216. The number of ether oxygens (including phenoxy) is 1. The van der Waals surface area contributed by atoms with Crippen molar-refractivity contribution in [3.05, 3.63) is 35.9 Å². The van der Waals surface area contributed by atoms with Crippen LogP contribution >= 0.6 is 0 Å². The van der Waals surface area contributed by atoms with E-state index < -0.39 is 13.0 Å². The third-order valence-electron chi connectivity index (χ3n) is 1.81. The van der Waals surface area contributed by atoms with E-state index in [0.717, 1.165) is 5.57 Å². The molecule has 1 aliphatic rings. The van der Waals surface area contributed by atoms with Crippen LogP contribution in [0.4, 0.5) is 8.78 Å². The first kappa shape index (κ1) is 14.8. The minimum atomic E-state index is -2.41. The summed E-state index contributed by atoms with van der Waals surface area (Å²) in [5, 5.41) is 0. The molecular weight excluding hydrogens is 277 g/mol. The second-order valence-corrected chi connectivity index (χ2v) is 2.96. The summed E-state index contributed by atoms with van der Waals surface area (Å²) >= 11 is 0. The Morgan fingerprint density at radius 1 is 1.60 bits per heavy atom. The number of hydrogen-bond acceptors (Lipinski definition) is 2. The number of rotatable bonds is 3. The van der Waals surface area contributed by atoms with E-state index in [2.05, 4.69) is 12.8 Å². The maximum absolute atomic E-state index is 12.2. The van der Waals surface area contributed by atoms with Gasteiger partial charge in [-0.25, -0.2) is 8.78 Å². The summed E-state index contributed by atoms with van der Waals surface area (Å²) in [4.78, 5) is 1.28. The fourth-order valence-electron chi connectivity index (χ4n) is 1.20. The van der Waals surface area contributed by atoms with E-state index in [4.69, 9.17) is 4.74 Å². The minimum absolute atomic E-state index is 0. The van der Waals surface area contributed by atoms with E-state index in [0.29, 0.717) is 11.5 Å². The zero-order valence-corrected chi connectivity index (χ0v) is 11.6. The first-order valence-corrected chi connectivity index (χ1v) is 4.15. The van der Waals surface area contributed by atoms with Crippen molar-refractivity contribution in [3.8, 4) is 0 Å². The van der Waals surface area contributed by atoms with Gasteiger partial charge < -0.3 is 9.64 Å². The molecule has 1 radical (unpaired) electrons. The van der Waals surface area contributed by atoms with Gasteiger partial charge in [-0.3, -0.25) is 0 Å². The smallest absolute Gasteiger partial charge is 0.254 e. The normalized spacial score (nSPS) is 15.8. The molecule has 0 N–H and O–H groups in total. The summed E-state index contributed by atoms with van der Waals surface area (Å²) in [6.45, 7) is 5.02. The van der Waals surface area contributed by atoms with Gasteiger partial charge in [0.05, 0.1) is 13.7 Å². The molecule has 1 heterocycles. The van der Waals surface area contributed by atoms with E-state index >= 15 is 0 Å². The summed E-state index contributed by atoms with van der Waals surface area (Å²) in [5.41, 5.74) is 1.16. The number of hydrogen-bond donors (Lipinski definition) is 0. The van der Waals surface area contributed by atoms with Gasteiger partial charge >= 0.3 is 0 Å². The van der Waals surface area contributed by atoms with Crippen molar-refractivity contribution in [2.24, 2.45) is 0 Å². The Labute approximate surface area is 114 Å². The second kappa shape index (κ2) is 6.38. The van der Waals surface area contributed by atoms with E-state index in [1.807, 2.05) is 0 Å². The van der Waals surface area contributed by atoms with E-state index in [-0.39, 0.29) is 32.7 Å². The molecule has 0 saturated heterocycles. The molecule has 0 atom stereocenters. The van der Waals surface area contributed by atoms with Crippen LogP contribution in [0.25, 0.3) is 0 Å². The van der Waals surface area contributed by atoms with Crippen molar-refractivity contribution >= 4 is 0 Å². The van der Waals surface area contributed by atoms with Crippen LogP contribution in [-0.2, 0) is 37.4 Å². The number of alkyl halides is 2. The Kier molecular flexibility index (Phi) is 6.29. The minimum Gasteiger partial charge on any atom is -0.520 e. The maximum Gasteiger partial charge on any atom is 0.254 e. The van der Waals surface area contributed by atoms with Crippen LogP contribution < -0.4 is 0 Å². The molecule has 0 aromatic carbocycles. The second-order valence-electron chi connectivity index (χ2n) is 2.96. The van der Waals surface area contributed by atoms with Gasteiger partial charge in [-0.1, -0.05) is 13.1 Å². The van der Waals surface area contributed by atoms with E-state index in [1.165, 1.54) is 12.0 Å². The van der Waals surface area contributed by atoms with Crippen LogP contribution in [0.5, 0.6) is 0 Å². The average Bonchev–Trinajstić information content (AvgIpc) is 2.09. The predicted molar refractivity (Wildman–Crippen MR) is 49.4 cm³/mol. The topological polar surface area (TPSA) is 12.5 Å². The molecule has 0 spiro atoms. The van der Waals surface area contributed by atoms with Crippen LogP contribution in [0.1, 0.15) is 6.92 Å². The molecule has 5 heteroatoms. The fraction of sp³-hybridized carbons (Fsp3) is 0.400. The average molecular weight is 289 g/mol. The van der Waals surface area contributed by atoms with E-state index in [1.54, 1.807) is 13.0 Å². The molecule has 0 amide bonds. The molecule has 0 aliphatic carbocycles. The number of allylic oxidation sites excluding steroid dienone is 2. The van der Waals surface area contributed by atoms with Crippen molar-refractivity contribution in [3.63, 3.8) is 0 Å². The zero-order valence-electron chi connectivity index (χ0n) is 8.76. The molecule has 0 bridgehead atoms. The molecule has 0 aromatic rings. The molecule has 0 saturated carbocycles. The third-order valence-corrected chi connectivity index (χ3v) is 1.81. The van der Waals surface area contributed by atoms with Crippen molar-refractivity contribution < 1.29 is 46.2 Å². The Balaban J connectivity index is 0.00000196. The van der Waals surface area contributed by atoms with Crippen molar-refractivity contribution in [1.82, 2.24) is 4.90 Å². The fourth-order valence-corrected chi connectivity index (χ4v) is 1.20. The monoisotopic (exact) mass is 289 g/mol. The van der Waals surface area contributed by atoms with Gasteiger partial charge in [0.2, 0.25) is 0 Å². The van der Waals surface area contributed by atoms with Crippen molar-refractivity contribution in [2.75, 3.05) is 13.7 Å². The summed E-state index contributed by atoms with van der Waals surface area (Å²) in [7, 11) is 1.48. The van der Waals surface area contributed by atoms with E-state index in [9.17, 15) is 8.78 Å². The molecule has 15 heavy (non-hydrogen) atoms. The largest absolute Gasteiger partial charge is 0.520 e. The summed E-state index contributed by atoms with van der Waals surface area (Å²) in [6.07, 6.45) is 2.07. The molecular formula is C10H12F2NOY-. The van der Waals surface area contributed by atoms with Crippen LogP contribution in [0.3, 0.4) is 0 Å². The summed E-state index contributed by atoms with van der Waals surface area (Å²) < 4.78 is 29.3. The molecule has 81 valence electrons. The number of nitrogens with zero attached hydrogens (tertiary/aromatic N) is 1. The van der Waals surface area contributed by atoms with Crippen LogP contribution in [-0.4, -0.2) is 25.0 Å². The van der Waals surface area contributed by atoms with Gasteiger partial charge in [-0.15, -0.1) is 18.2 Å². The predicted octanol–water partition coefficient (Wildman–Crippen LogP) is 2.32. The van der Waals surface area contributed by atoms with Crippen LogP contribution in [0.15, 0.2) is 29.7 Å². The van der Waals surface area contributed by atoms with Gasteiger partial charge in [0.1, 0.15) is 0 Å². The Bertz CT molecular complexity index is 300. The van der Waals surface area contributed by atoms with Crippen LogP contribution in [0.2, 0.25) is 0 Å². The Morgan fingerprint density at radius 3 is 2.67 bits per heavy atom. The van der Waals surface area contributed by atoms with Gasteiger partial charge in [0, 0.05) is 38.5 Å². The first-order chi connectivity index (χ1) is 6.54. The first-order valence-electron chi connectivity index (χ1n) is 4.15. The van der Waals surface area contributed by atoms with Gasteiger partial charge in [-0.05, 0) is 5.70 Å². The summed E-state index contributed by atoms with van der Waals surface area (Å²) in [6, 6.07) is 0. The SMILES string of the molecule is C=C1C(OC)=CC(C)=[C-]N1CC(F)F.[Y]. The van der Waals surface area contributed by atoms with Gasteiger partial charge in [0.15, 0.2) is 0 Å². The number of halogens is 2. The van der Waals surface area contributed by atoms with Gasteiger partial charge in [0.25, 0.3) is 6.43 Å². The Morgan fingerprint density at radius 2 is 2.20 bits per heavy atom. The quantitative estimate of drug-likeness (QED) is 0.739. The molecule has 0 aromatic heterocycles. The molecule has 1 rings (SSSR count). The summed E-state index contributed by atoms with van der Waals surface area (Å²) in [5.74, 6) is 0.502. The molecule has 2 nitrogen and oxygen atoms in total. The molecule has 0 unspecified atom stereocenters. The number of methoxy groups -OCH3 is 1. The third kappa shape index (κ3) is 4.03. The molecule has 1 aliphatic heterocycles. The molecule has 0 fully saturated rings. The standard InChI is InChI=1S/C10H12F2NO.Y/c1-7-4-9(14-3)8(2)13(5-7)6-10(11)12;/h4,10H,2,6H2,1,3H3;/q-1;. The zero-order chi connectivity index (χ0) is 10.7. The van der Waals surface area contributed by atoms with Gasteiger partial charge in [-0.2, -0.15) is 0 Å². The van der Waals surface area contributed by atoms with Crippen LogP contribution in [0, 0.1) is 6.20 Å².